The van der Waals surface area contributed by atoms with E-state index >= 15 is 0 Å². The Morgan fingerprint density at radius 1 is 1.17 bits per heavy atom. The highest BCUT2D eigenvalue weighted by atomic mass is 16.3. The van der Waals surface area contributed by atoms with Crippen molar-refractivity contribution in [3.8, 4) is 0 Å². The molecule has 2 fully saturated rings. The highest BCUT2D eigenvalue weighted by molar-refractivity contribution is 5.92. The smallest absolute Gasteiger partial charge is 0.276 e. The van der Waals surface area contributed by atoms with E-state index in [9.17, 15) is 4.79 Å². The van der Waals surface area contributed by atoms with Gasteiger partial charge in [-0.25, -0.2) is 4.68 Å². The van der Waals surface area contributed by atoms with Gasteiger partial charge in [-0.1, -0.05) is 30.9 Å². The highest BCUT2D eigenvalue weighted by Gasteiger charge is 2.26. The zero-order chi connectivity index (χ0) is 16.8. The number of carbonyl (C=O) groups excluding carboxylic acids is 1. The summed E-state index contributed by atoms with van der Waals surface area (Å²) < 4.78 is 1.92. The van der Waals surface area contributed by atoms with Crippen LogP contribution in [0.4, 0.5) is 0 Å². The zero-order valence-corrected chi connectivity index (χ0v) is 14.6. The van der Waals surface area contributed by atoms with Gasteiger partial charge in [0.2, 0.25) is 0 Å². The second-order valence-corrected chi connectivity index (χ2v) is 7.35. The molecule has 0 radical (unpaired) electrons. The summed E-state index contributed by atoms with van der Waals surface area (Å²) in [7, 11) is 0. The summed E-state index contributed by atoms with van der Waals surface area (Å²) in [6.45, 7) is 1.83. The van der Waals surface area contributed by atoms with Crippen molar-refractivity contribution in [1.82, 2.24) is 19.9 Å². The monoisotopic (exact) mass is 334 g/mol. The predicted octanol–water partition coefficient (Wildman–Crippen LogP) is 2.80. The lowest BCUT2D eigenvalue weighted by molar-refractivity contribution is 0.0657. The molecular weight excluding hydrogens is 304 g/mol. The predicted molar refractivity (Wildman–Crippen MR) is 91.7 cm³/mol. The second kappa shape index (κ2) is 8.60. The molecule has 1 aliphatic heterocycles. The van der Waals surface area contributed by atoms with Crippen molar-refractivity contribution in [2.75, 3.05) is 19.7 Å². The Kier molecular flexibility index (Phi) is 6.24. The fourth-order valence-corrected chi connectivity index (χ4v) is 4.10. The van der Waals surface area contributed by atoms with Crippen LogP contribution in [0.1, 0.15) is 80.7 Å². The molecule has 0 unspecified atom stereocenters. The van der Waals surface area contributed by atoms with Gasteiger partial charge in [0, 0.05) is 19.7 Å². The fourth-order valence-electron chi connectivity index (χ4n) is 4.10. The Morgan fingerprint density at radius 2 is 1.96 bits per heavy atom. The van der Waals surface area contributed by atoms with Crippen LogP contribution in [-0.2, 0) is 0 Å². The van der Waals surface area contributed by atoms with Crippen molar-refractivity contribution < 1.29 is 9.90 Å². The lowest BCUT2D eigenvalue weighted by Crippen LogP contribution is -2.40. The summed E-state index contributed by atoms with van der Waals surface area (Å²) in [5.41, 5.74) is 0.488. The standard InChI is InChI=1S/C18H30N4O2/c23-12-6-8-15-7-5-11-21(13-15)18(24)17-14-22(20-19-17)16-9-3-1-2-4-10-16/h14-16,23H,1-13H2/t15-/m0/s1. The molecule has 1 aliphatic carbocycles. The number of hydrogen-bond acceptors (Lipinski definition) is 4. The highest BCUT2D eigenvalue weighted by Crippen LogP contribution is 2.27. The van der Waals surface area contributed by atoms with Crippen LogP contribution in [0.2, 0.25) is 0 Å². The molecule has 24 heavy (non-hydrogen) atoms. The molecule has 1 saturated carbocycles. The van der Waals surface area contributed by atoms with Gasteiger partial charge in [0.25, 0.3) is 5.91 Å². The molecular formula is C18H30N4O2. The summed E-state index contributed by atoms with van der Waals surface area (Å²) in [5, 5.41) is 17.4. The third-order valence-corrected chi connectivity index (χ3v) is 5.50. The molecule has 0 spiro atoms. The van der Waals surface area contributed by atoms with Crippen LogP contribution in [-0.4, -0.2) is 50.6 Å². The molecule has 2 aliphatic rings. The first kappa shape index (κ1) is 17.4. The lowest BCUT2D eigenvalue weighted by atomic mass is 9.93. The van der Waals surface area contributed by atoms with Crippen molar-refractivity contribution in [1.29, 1.82) is 0 Å². The van der Waals surface area contributed by atoms with Gasteiger partial charge in [0.05, 0.1) is 12.2 Å². The van der Waals surface area contributed by atoms with Gasteiger partial charge in [0.15, 0.2) is 5.69 Å². The summed E-state index contributed by atoms with van der Waals surface area (Å²) in [5.74, 6) is 0.523. The van der Waals surface area contributed by atoms with Crippen LogP contribution in [0.25, 0.3) is 0 Å². The van der Waals surface area contributed by atoms with E-state index in [2.05, 4.69) is 10.3 Å². The van der Waals surface area contributed by atoms with Gasteiger partial charge in [-0.2, -0.15) is 0 Å². The zero-order valence-electron chi connectivity index (χ0n) is 14.6. The molecule has 0 bridgehead atoms. The topological polar surface area (TPSA) is 71.2 Å². The molecule has 1 atom stereocenters. The van der Waals surface area contributed by atoms with E-state index in [1.807, 2.05) is 15.8 Å². The van der Waals surface area contributed by atoms with Gasteiger partial charge in [-0.3, -0.25) is 4.79 Å². The molecule has 1 amide bonds. The number of likely N-dealkylation sites (tertiary alicyclic amines) is 1. The van der Waals surface area contributed by atoms with Gasteiger partial charge < -0.3 is 10.0 Å². The quantitative estimate of drug-likeness (QED) is 0.841. The largest absolute Gasteiger partial charge is 0.396 e. The molecule has 1 N–H and O–H groups in total. The van der Waals surface area contributed by atoms with E-state index in [1.165, 1.54) is 25.7 Å². The Hall–Kier alpha value is -1.43. The van der Waals surface area contributed by atoms with Crippen LogP contribution in [0.5, 0.6) is 0 Å². The number of hydrogen-bond donors (Lipinski definition) is 1. The maximum Gasteiger partial charge on any atom is 0.276 e. The first-order valence-corrected chi connectivity index (χ1v) is 9.60. The number of carbonyl (C=O) groups is 1. The van der Waals surface area contributed by atoms with Gasteiger partial charge in [-0.05, 0) is 44.4 Å². The molecule has 2 heterocycles. The van der Waals surface area contributed by atoms with Crippen LogP contribution >= 0.6 is 0 Å². The minimum Gasteiger partial charge on any atom is -0.396 e. The van der Waals surface area contributed by atoms with Gasteiger partial charge >= 0.3 is 0 Å². The number of piperidine rings is 1. The molecule has 134 valence electrons. The van der Waals surface area contributed by atoms with Crippen LogP contribution < -0.4 is 0 Å². The maximum absolute atomic E-state index is 12.7. The molecule has 0 aromatic carbocycles. The van der Waals surface area contributed by atoms with E-state index in [1.54, 1.807) is 0 Å². The fraction of sp³-hybridized carbons (Fsp3) is 0.833. The van der Waals surface area contributed by atoms with E-state index in [-0.39, 0.29) is 12.5 Å². The lowest BCUT2D eigenvalue weighted by Gasteiger charge is -2.32. The molecule has 1 saturated heterocycles. The number of rotatable bonds is 5. The SMILES string of the molecule is O=C(c1cn(C2CCCCCC2)nn1)N1CCC[C@@H](CCCO)C1. The molecule has 6 heteroatoms. The summed E-state index contributed by atoms with van der Waals surface area (Å²) in [6, 6.07) is 0.403. The van der Waals surface area contributed by atoms with Crippen LogP contribution in [0.15, 0.2) is 6.20 Å². The van der Waals surface area contributed by atoms with Crippen LogP contribution in [0.3, 0.4) is 0 Å². The number of aliphatic hydroxyl groups excluding tert-OH is 1. The van der Waals surface area contributed by atoms with E-state index in [0.29, 0.717) is 17.7 Å². The maximum atomic E-state index is 12.7. The first-order valence-electron chi connectivity index (χ1n) is 9.60. The Balaban J connectivity index is 1.60. The minimum absolute atomic E-state index is 0.0172. The third kappa shape index (κ3) is 4.35. The summed E-state index contributed by atoms with van der Waals surface area (Å²) in [6.07, 6.45) is 13.2. The number of amides is 1. The minimum atomic E-state index is 0.0172. The second-order valence-electron chi connectivity index (χ2n) is 7.35. The molecule has 6 nitrogen and oxygen atoms in total. The number of nitrogens with zero attached hydrogens (tertiary/aromatic N) is 4. The van der Waals surface area contributed by atoms with Crippen LogP contribution in [0, 0.1) is 5.92 Å². The molecule has 1 aromatic rings. The van der Waals surface area contributed by atoms with Crippen molar-refractivity contribution in [2.24, 2.45) is 5.92 Å². The van der Waals surface area contributed by atoms with E-state index in [4.69, 9.17) is 5.11 Å². The average Bonchev–Trinajstić information content (AvgIpc) is 2.95. The van der Waals surface area contributed by atoms with Crippen molar-refractivity contribution >= 4 is 5.91 Å². The Morgan fingerprint density at radius 3 is 2.71 bits per heavy atom. The van der Waals surface area contributed by atoms with Gasteiger partial charge in [-0.15, -0.1) is 5.10 Å². The van der Waals surface area contributed by atoms with E-state index in [0.717, 1.165) is 51.6 Å². The Labute approximate surface area is 144 Å². The molecule has 1 aromatic heterocycles. The normalized spacial score (nSPS) is 23.2. The van der Waals surface area contributed by atoms with E-state index < -0.39 is 0 Å². The first-order chi connectivity index (χ1) is 11.8. The van der Waals surface area contributed by atoms with Crippen molar-refractivity contribution in [3.63, 3.8) is 0 Å². The van der Waals surface area contributed by atoms with Crippen molar-refractivity contribution in [2.45, 2.75) is 70.3 Å². The average molecular weight is 334 g/mol. The van der Waals surface area contributed by atoms with Crippen molar-refractivity contribution in [3.05, 3.63) is 11.9 Å². The third-order valence-electron chi connectivity index (χ3n) is 5.50. The number of aromatic nitrogens is 3. The van der Waals surface area contributed by atoms with Gasteiger partial charge in [0.1, 0.15) is 0 Å². The number of aliphatic hydroxyl groups is 1. The Bertz CT molecular complexity index is 523. The summed E-state index contributed by atoms with van der Waals surface area (Å²) >= 11 is 0. The summed E-state index contributed by atoms with van der Waals surface area (Å²) in [4.78, 5) is 14.7. The molecule has 3 rings (SSSR count).